The normalized spacial score (nSPS) is 10.8. The van der Waals surface area contributed by atoms with Crippen molar-refractivity contribution < 1.29 is 9.59 Å². The van der Waals surface area contributed by atoms with E-state index in [4.69, 9.17) is 0 Å². The van der Waals surface area contributed by atoms with Crippen LogP contribution in [0.2, 0.25) is 0 Å². The van der Waals surface area contributed by atoms with Gasteiger partial charge >= 0.3 is 0 Å². The Morgan fingerprint density at radius 1 is 1.00 bits per heavy atom. The van der Waals surface area contributed by atoms with Crippen molar-refractivity contribution in [3.8, 4) is 0 Å². The van der Waals surface area contributed by atoms with Crippen LogP contribution in [0.25, 0.3) is 11.0 Å². The molecule has 0 atom stereocenters. The SMILES string of the molecule is CCN(CCNC(=O)c1ccc2nc(Cc3ccc(NC(C)=O)cc3)[nH]c2c1)c1ccccc1. The first-order valence-electron chi connectivity index (χ1n) is 11.4. The Labute approximate surface area is 199 Å². The van der Waals surface area contributed by atoms with Gasteiger partial charge in [-0.25, -0.2) is 4.98 Å². The van der Waals surface area contributed by atoms with Gasteiger partial charge in [0.25, 0.3) is 5.91 Å². The van der Waals surface area contributed by atoms with E-state index < -0.39 is 0 Å². The van der Waals surface area contributed by atoms with Crippen molar-refractivity contribution in [3.63, 3.8) is 0 Å². The number of rotatable bonds is 9. The number of carbonyl (C=O) groups is 2. The molecule has 4 rings (SSSR count). The molecule has 1 aromatic heterocycles. The van der Waals surface area contributed by atoms with Gasteiger partial charge in [0, 0.05) is 49.9 Å². The molecule has 0 unspecified atom stereocenters. The van der Waals surface area contributed by atoms with Gasteiger partial charge < -0.3 is 20.5 Å². The quantitative estimate of drug-likeness (QED) is 0.350. The Bertz CT molecular complexity index is 1270. The number of nitrogens with zero attached hydrogens (tertiary/aromatic N) is 2. The number of benzene rings is 3. The summed E-state index contributed by atoms with van der Waals surface area (Å²) in [5.74, 6) is 0.626. The molecule has 0 aliphatic carbocycles. The van der Waals surface area contributed by atoms with Crippen LogP contribution in [0.4, 0.5) is 11.4 Å². The average molecular weight is 456 g/mol. The zero-order valence-corrected chi connectivity index (χ0v) is 19.5. The van der Waals surface area contributed by atoms with Crippen molar-refractivity contribution in [1.82, 2.24) is 15.3 Å². The number of amides is 2. The molecule has 0 spiro atoms. The van der Waals surface area contributed by atoms with Gasteiger partial charge in [-0.15, -0.1) is 0 Å². The highest BCUT2D eigenvalue weighted by atomic mass is 16.2. The maximum absolute atomic E-state index is 12.7. The molecule has 0 fully saturated rings. The summed E-state index contributed by atoms with van der Waals surface area (Å²) in [6, 6.07) is 23.4. The monoisotopic (exact) mass is 455 g/mol. The Kier molecular flexibility index (Phi) is 7.22. The Balaban J connectivity index is 1.36. The first-order valence-corrected chi connectivity index (χ1v) is 11.4. The van der Waals surface area contributed by atoms with E-state index in [-0.39, 0.29) is 11.8 Å². The minimum absolute atomic E-state index is 0.0937. The fourth-order valence-corrected chi connectivity index (χ4v) is 3.91. The van der Waals surface area contributed by atoms with Crippen molar-refractivity contribution in [1.29, 1.82) is 0 Å². The molecule has 3 aromatic carbocycles. The summed E-state index contributed by atoms with van der Waals surface area (Å²) in [6.45, 7) is 5.77. The van der Waals surface area contributed by atoms with Crippen LogP contribution in [-0.2, 0) is 11.2 Å². The number of likely N-dealkylation sites (N-methyl/N-ethyl adjacent to an activating group) is 1. The maximum atomic E-state index is 12.7. The van der Waals surface area contributed by atoms with Crippen LogP contribution in [0.3, 0.4) is 0 Å². The molecule has 0 saturated heterocycles. The van der Waals surface area contributed by atoms with Gasteiger partial charge in [0.05, 0.1) is 11.0 Å². The summed E-state index contributed by atoms with van der Waals surface area (Å²) in [4.78, 5) is 34.1. The molecule has 1 heterocycles. The van der Waals surface area contributed by atoms with Gasteiger partial charge in [-0.05, 0) is 55.0 Å². The fraction of sp³-hybridized carbons (Fsp3) is 0.222. The number of hydrogen-bond acceptors (Lipinski definition) is 4. The average Bonchev–Trinajstić information content (AvgIpc) is 3.24. The van der Waals surface area contributed by atoms with E-state index in [1.54, 1.807) is 6.07 Å². The summed E-state index contributed by atoms with van der Waals surface area (Å²) < 4.78 is 0. The number of aromatic nitrogens is 2. The van der Waals surface area contributed by atoms with E-state index >= 15 is 0 Å². The fourth-order valence-electron chi connectivity index (χ4n) is 3.91. The first-order chi connectivity index (χ1) is 16.5. The number of imidazole rings is 1. The third kappa shape index (κ3) is 5.81. The molecule has 34 heavy (non-hydrogen) atoms. The van der Waals surface area contributed by atoms with Crippen LogP contribution in [0.5, 0.6) is 0 Å². The summed E-state index contributed by atoms with van der Waals surface area (Å²) in [6.07, 6.45) is 0.628. The highest BCUT2D eigenvalue weighted by Crippen LogP contribution is 2.18. The van der Waals surface area contributed by atoms with E-state index in [1.807, 2.05) is 54.6 Å². The molecule has 7 heteroatoms. The van der Waals surface area contributed by atoms with Crippen molar-refractivity contribution in [3.05, 3.63) is 89.7 Å². The summed E-state index contributed by atoms with van der Waals surface area (Å²) in [5.41, 5.74) is 5.24. The largest absolute Gasteiger partial charge is 0.370 e. The minimum atomic E-state index is -0.101. The summed E-state index contributed by atoms with van der Waals surface area (Å²) in [5, 5.41) is 5.78. The highest BCUT2D eigenvalue weighted by Gasteiger charge is 2.11. The van der Waals surface area contributed by atoms with E-state index in [0.29, 0.717) is 18.5 Å². The number of fused-ring (bicyclic) bond motifs is 1. The van der Waals surface area contributed by atoms with E-state index in [1.165, 1.54) is 6.92 Å². The van der Waals surface area contributed by atoms with Gasteiger partial charge in [0.1, 0.15) is 5.82 Å². The predicted octanol–water partition coefficient (Wildman–Crippen LogP) is 4.37. The van der Waals surface area contributed by atoms with Crippen LogP contribution in [0.1, 0.15) is 35.6 Å². The van der Waals surface area contributed by atoms with Gasteiger partial charge in [-0.2, -0.15) is 0 Å². The molecule has 0 radical (unpaired) electrons. The Morgan fingerprint density at radius 3 is 2.47 bits per heavy atom. The Hall–Kier alpha value is -4.13. The lowest BCUT2D eigenvalue weighted by Gasteiger charge is -2.23. The third-order valence-corrected chi connectivity index (χ3v) is 5.61. The molecule has 2 amide bonds. The van der Waals surface area contributed by atoms with Gasteiger partial charge in [-0.1, -0.05) is 30.3 Å². The summed E-state index contributed by atoms with van der Waals surface area (Å²) in [7, 11) is 0. The van der Waals surface area contributed by atoms with Crippen LogP contribution >= 0.6 is 0 Å². The topological polar surface area (TPSA) is 90.1 Å². The van der Waals surface area contributed by atoms with Crippen molar-refractivity contribution >= 4 is 34.2 Å². The molecule has 4 aromatic rings. The van der Waals surface area contributed by atoms with Crippen LogP contribution < -0.4 is 15.5 Å². The highest BCUT2D eigenvalue weighted by molar-refractivity contribution is 5.97. The number of anilines is 2. The molecule has 174 valence electrons. The smallest absolute Gasteiger partial charge is 0.251 e. The lowest BCUT2D eigenvalue weighted by molar-refractivity contribution is -0.114. The molecule has 0 bridgehead atoms. The number of aromatic amines is 1. The standard InChI is InChI=1S/C27H29N5O2/c1-3-32(23-7-5-4-6-8-23)16-15-28-27(34)21-11-14-24-25(18-21)31-26(30-24)17-20-9-12-22(13-10-20)29-19(2)33/h4-14,18H,3,15-17H2,1-2H3,(H,28,34)(H,29,33)(H,30,31). The number of hydrogen-bond donors (Lipinski definition) is 3. The van der Waals surface area contributed by atoms with Gasteiger partial charge in [0.15, 0.2) is 0 Å². The lowest BCUT2D eigenvalue weighted by Crippen LogP contribution is -2.34. The van der Waals surface area contributed by atoms with E-state index in [2.05, 4.69) is 44.6 Å². The molecular weight excluding hydrogens is 426 g/mol. The summed E-state index contributed by atoms with van der Waals surface area (Å²) >= 11 is 0. The van der Waals surface area contributed by atoms with E-state index in [0.717, 1.165) is 46.9 Å². The molecule has 7 nitrogen and oxygen atoms in total. The van der Waals surface area contributed by atoms with Crippen molar-refractivity contribution in [2.45, 2.75) is 20.3 Å². The number of H-pyrrole nitrogens is 1. The molecular formula is C27H29N5O2. The van der Waals surface area contributed by atoms with Crippen molar-refractivity contribution in [2.75, 3.05) is 29.9 Å². The second-order valence-electron chi connectivity index (χ2n) is 8.14. The van der Waals surface area contributed by atoms with Crippen molar-refractivity contribution in [2.24, 2.45) is 0 Å². The van der Waals surface area contributed by atoms with Crippen LogP contribution in [-0.4, -0.2) is 41.4 Å². The molecule has 3 N–H and O–H groups in total. The minimum Gasteiger partial charge on any atom is -0.370 e. The Morgan fingerprint density at radius 2 is 1.76 bits per heavy atom. The second-order valence-corrected chi connectivity index (χ2v) is 8.14. The zero-order valence-electron chi connectivity index (χ0n) is 19.5. The number of para-hydroxylation sites is 1. The molecule has 0 aliphatic rings. The third-order valence-electron chi connectivity index (χ3n) is 5.61. The first kappa shape index (κ1) is 23.0. The van der Waals surface area contributed by atoms with Gasteiger partial charge in [-0.3, -0.25) is 9.59 Å². The number of carbonyl (C=O) groups excluding carboxylic acids is 2. The van der Waals surface area contributed by atoms with Crippen LogP contribution in [0, 0.1) is 0 Å². The van der Waals surface area contributed by atoms with Gasteiger partial charge in [0.2, 0.25) is 5.91 Å². The predicted molar refractivity (Wildman–Crippen MR) is 136 cm³/mol. The van der Waals surface area contributed by atoms with E-state index in [9.17, 15) is 9.59 Å². The second kappa shape index (κ2) is 10.7. The van der Waals surface area contributed by atoms with Crippen LogP contribution in [0.15, 0.2) is 72.8 Å². The number of nitrogens with one attached hydrogen (secondary N) is 3. The molecule has 0 saturated carbocycles. The zero-order chi connectivity index (χ0) is 23.9. The maximum Gasteiger partial charge on any atom is 0.251 e. The molecule has 0 aliphatic heterocycles. The lowest BCUT2D eigenvalue weighted by atomic mass is 10.1.